The average Bonchev–Trinajstić information content (AvgIpc) is 3.16. The topological polar surface area (TPSA) is 57.9 Å². The third-order valence-electron chi connectivity index (χ3n) is 3.46. The van der Waals surface area contributed by atoms with Gasteiger partial charge in [0.1, 0.15) is 16.8 Å². The molecule has 1 heterocycles. The van der Waals surface area contributed by atoms with Gasteiger partial charge in [-0.2, -0.15) is 5.26 Å². The van der Waals surface area contributed by atoms with Gasteiger partial charge in [-0.15, -0.1) is 11.3 Å². The number of nitriles is 1. The predicted octanol–water partition coefficient (Wildman–Crippen LogP) is 4.71. The predicted molar refractivity (Wildman–Crippen MR) is 97.0 cm³/mol. The van der Waals surface area contributed by atoms with Crippen LogP contribution in [0.5, 0.6) is 5.75 Å². The molecule has 3 rings (SSSR count). The van der Waals surface area contributed by atoms with Crippen molar-refractivity contribution in [3.8, 4) is 22.4 Å². The van der Waals surface area contributed by atoms with Crippen LogP contribution in [0.4, 0.5) is 5.69 Å². The van der Waals surface area contributed by atoms with Gasteiger partial charge in [0.25, 0.3) is 0 Å². The summed E-state index contributed by atoms with van der Waals surface area (Å²) in [5, 5.41) is 15.2. The molecule has 0 unspecified atom stereocenters. The summed E-state index contributed by atoms with van der Waals surface area (Å²) in [6, 6.07) is 18.1. The molecule has 0 aliphatic heterocycles. The zero-order valence-electron chi connectivity index (χ0n) is 13.3. The maximum absolute atomic E-state index is 8.76. The number of ether oxygens (including phenoxy) is 1. The van der Waals surface area contributed by atoms with E-state index in [1.54, 1.807) is 18.3 Å². The molecular formula is C19H17N3OS. The van der Waals surface area contributed by atoms with E-state index in [0.717, 1.165) is 28.4 Å². The van der Waals surface area contributed by atoms with E-state index in [4.69, 9.17) is 10.00 Å². The second kappa shape index (κ2) is 7.62. The lowest BCUT2D eigenvalue weighted by Crippen LogP contribution is -2.08. The zero-order valence-corrected chi connectivity index (χ0v) is 14.1. The van der Waals surface area contributed by atoms with Crippen LogP contribution in [0.25, 0.3) is 10.6 Å². The lowest BCUT2D eigenvalue weighted by Gasteiger charge is -2.10. The van der Waals surface area contributed by atoms with Crippen molar-refractivity contribution in [2.45, 2.75) is 19.6 Å². The highest BCUT2D eigenvalue weighted by molar-refractivity contribution is 7.13. The SMILES string of the molecule is C[C@H](C#N)Oc1ccc(CNc2cccc(-c3nccs3)c2)cc1. The van der Waals surface area contributed by atoms with Crippen molar-refractivity contribution in [1.82, 2.24) is 4.98 Å². The molecule has 1 atom stereocenters. The number of benzene rings is 2. The van der Waals surface area contributed by atoms with Crippen molar-refractivity contribution in [2.24, 2.45) is 0 Å². The lowest BCUT2D eigenvalue weighted by molar-refractivity contribution is 0.276. The number of aromatic nitrogens is 1. The van der Waals surface area contributed by atoms with Crippen molar-refractivity contribution in [2.75, 3.05) is 5.32 Å². The van der Waals surface area contributed by atoms with Crippen LogP contribution in [-0.4, -0.2) is 11.1 Å². The van der Waals surface area contributed by atoms with Gasteiger partial charge in [0, 0.05) is 29.4 Å². The Morgan fingerprint density at radius 3 is 2.79 bits per heavy atom. The molecule has 24 heavy (non-hydrogen) atoms. The van der Waals surface area contributed by atoms with Crippen molar-refractivity contribution in [1.29, 1.82) is 5.26 Å². The molecule has 0 amide bonds. The molecule has 1 aromatic heterocycles. The average molecular weight is 335 g/mol. The van der Waals surface area contributed by atoms with Gasteiger partial charge in [-0.3, -0.25) is 0 Å². The maximum atomic E-state index is 8.76. The molecule has 0 fully saturated rings. The summed E-state index contributed by atoms with van der Waals surface area (Å²) in [7, 11) is 0. The minimum atomic E-state index is -0.442. The summed E-state index contributed by atoms with van der Waals surface area (Å²) >= 11 is 1.63. The van der Waals surface area contributed by atoms with Crippen molar-refractivity contribution in [3.63, 3.8) is 0 Å². The number of anilines is 1. The molecule has 4 nitrogen and oxygen atoms in total. The lowest BCUT2D eigenvalue weighted by atomic mass is 10.2. The van der Waals surface area contributed by atoms with Crippen molar-refractivity contribution >= 4 is 17.0 Å². The van der Waals surface area contributed by atoms with Gasteiger partial charge in [-0.25, -0.2) is 4.98 Å². The first-order valence-corrected chi connectivity index (χ1v) is 8.51. The fourth-order valence-electron chi connectivity index (χ4n) is 2.25. The quantitative estimate of drug-likeness (QED) is 0.708. The molecule has 0 bridgehead atoms. The monoisotopic (exact) mass is 335 g/mol. The summed E-state index contributed by atoms with van der Waals surface area (Å²) in [6.45, 7) is 2.44. The summed E-state index contributed by atoms with van der Waals surface area (Å²) in [5.74, 6) is 0.707. The van der Waals surface area contributed by atoms with Gasteiger partial charge in [-0.1, -0.05) is 24.3 Å². The zero-order chi connectivity index (χ0) is 16.8. The number of rotatable bonds is 6. The van der Waals surface area contributed by atoms with E-state index in [1.807, 2.05) is 48.0 Å². The van der Waals surface area contributed by atoms with Gasteiger partial charge < -0.3 is 10.1 Å². The number of nitrogens with one attached hydrogen (secondary N) is 1. The van der Waals surface area contributed by atoms with E-state index >= 15 is 0 Å². The molecular weight excluding hydrogens is 318 g/mol. The van der Waals surface area contributed by atoms with Crippen LogP contribution in [0, 0.1) is 11.3 Å². The molecule has 0 aliphatic rings. The highest BCUT2D eigenvalue weighted by Gasteiger charge is 2.03. The van der Waals surface area contributed by atoms with E-state index in [9.17, 15) is 0 Å². The summed E-state index contributed by atoms with van der Waals surface area (Å²) in [6.07, 6.45) is 1.37. The molecule has 120 valence electrons. The Kier molecular flexibility index (Phi) is 5.09. The summed E-state index contributed by atoms with van der Waals surface area (Å²) < 4.78 is 5.45. The van der Waals surface area contributed by atoms with Crippen LogP contribution in [-0.2, 0) is 6.54 Å². The highest BCUT2D eigenvalue weighted by atomic mass is 32.1. The van der Waals surface area contributed by atoms with Crippen LogP contribution in [0.15, 0.2) is 60.1 Å². The number of thiazole rings is 1. The normalized spacial score (nSPS) is 11.5. The minimum absolute atomic E-state index is 0.442. The fourth-order valence-corrected chi connectivity index (χ4v) is 2.88. The first-order valence-electron chi connectivity index (χ1n) is 7.63. The second-order valence-electron chi connectivity index (χ2n) is 5.30. The van der Waals surface area contributed by atoms with Crippen LogP contribution in [0.1, 0.15) is 12.5 Å². The number of hydrogen-bond donors (Lipinski definition) is 1. The molecule has 5 heteroatoms. The largest absolute Gasteiger partial charge is 0.476 e. The van der Waals surface area contributed by atoms with E-state index in [0.29, 0.717) is 5.75 Å². The molecule has 2 aromatic carbocycles. The maximum Gasteiger partial charge on any atom is 0.181 e. The van der Waals surface area contributed by atoms with E-state index in [-0.39, 0.29) is 0 Å². The fraction of sp³-hybridized carbons (Fsp3) is 0.158. The van der Waals surface area contributed by atoms with Gasteiger partial charge in [0.2, 0.25) is 0 Å². The molecule has 0 spiro atoms. The molecule has 0 saturated carbocycles. The first kappa shape index (κ1) is 16.0. The van der Waals surface area contributed by atoms with Crippen molar-refractivity contribution in [3.05, 3.63) is 65.7 Å². The van der Waals surface area contributed by atoms with E-state index in [2.05, 4.69) is 28.5 Å². The summed E-state index contributed by atoms with van der Waals surface area (Å²) in [4.78, 5) is 4.34. The molecule has 3 aromatic rings. The molecule has 1 N–H and O–H groups in total. The smallest absolute Gasteiger partial charge is 0.181 e. The Labute approximate surface area is 145 Å². The van der Waals surface area contributed by atoms with Crippen LogP contribution in [0.2, 0.25) is 0 Å². The third-order valence-corrected chi connectivity index (χ3v) is 4.28. The molecule has 0 radical (unpaired) electrons. The highest BCUT2D eigenvalue weighted by Crippen LogP contribution is 2.24. The van der Waals surface area contributed by atoms with Crippen LogP contribution >= 0.6 is 11.3 Å². The number of nitrogens with zero attached hydrogens (tertiary/aromatic N) is 2. The van der Waals surface area contributed by atoms with Gasteiger partial charge in [0.05, 0.1) is 0 Å². The van der Waals surface area contributed by atoms with Crippen molar-refractivity contribution < 1.29 is 4.74 Å². The van der Waals surface area contributed by atoms with Gasteiger partial charge in [-0.05, 0) is 36.8 Å². The Balaban J connectivity index is 1.62. The van der Waals surface area contributed by atoms with E-state index in [1.165, 1.54) is 0 Å². The minimum Gasteiger partial charge on any atom is -0.476 e. The van der Waals surface area contributed by atoms with Gasteiger partial charge >= 0.3 is 0 Å². The first-order chi connectivity index (χ1) is 11.7. The Hall–Kier alpha value is -2.84. The Morgan fingerprint density at radius 2 is 2.08 bits per heavy atom. The summed E-state index contributed by atoms with van der Waals surface area (Å²) in [5.41, 5.74) is 3.32. The Morgan fingerprint density at radius 1 is 1.25 bits per heavy atom. The second-order valence-corrected chi connectivity index (χ2v) is 6.20. The standard InChI is InChI=1S/C19H17N3OS/c1-14(12-20)23-18-7-5-15(6-8-18)13-22-17-4-2-3-16(11-17)19-21-9-10-24-19/h2-11,14,22H,13H2,1H3/t14-/m1/s1. The molecule has 0 aliphatic carbocycles. The number of hydrogen-bond acceptors (Lipinski definition) is 5. The van der Waals surface area contributed by atoms with E-state index < -0.39 is 6.10 Å². The van der Waals surface area contributed by atoms with Gasteiger partial charge in [0.15, 0.2) is 6.10 Å². The molecule has 0 saturated heterocycles. The van der Waals surface area contributed by atoms with Crippen LogP contribution in [0.3, 0.4) is 0 Å². The third kappa shape index (κ3) is 4.12. The Bertz CT molecular complexity index is 823. The van der Waals surface area contributed by atoms with Crippen LogP contribution < -0.4 is 10.1 Å².